The Morgan fingerprint density at radius 2 is 1.71 bits per heavy atom. The highest BCUT2D eigenvalue weighted by molar-refractivity contribution is 7.14. The van der Waals surface area contributed by atoms with E-state index in [-0.39, 0.29) is 6.03 Å². The lowest BCUT2D eigenvalue weighted by Crippen LogP contribution is -2.19. The Balaban J connectivity index is 1.66. The van der Waals surface area contributed by atoms with Crippen LogP contribution in [0.4, 0.5) is 15.6 Å². The number of benzene rings is 2. The lowest BCUT2D eigenvalue weighted by Gasteiger charge is -2.06. The molecule has 2 aromatic carbocycles. The standard InChI is InChI=1S/C19H19N3OS/c1-13(2)14-8-10-15(11-9-14)17-12-24-19(21-17)22-18(23)20-16-6-4-3-5-7-16/h3-13H,1-2H3,(H2,20,21,22,23). The molecule has 5 heteroatoms. The molecule has 3 aromatic rings. The lowest BCUT2D eigenvalue weighted by molar-refractivity contribution is 0.262. The Labute approximate surface area is 145 Å². The predicted octanol–water partition coefficient (Wildman–Crippen LogP) is 5.58. The maximum absolute atomic E-state index is 12.0. The quantitative estimate of drug-likeness (QED) is 0.653. The summed E-state index contributed by atoms with van der Waals surface area (Å²) in [5, 5.41) is 8.07. The van der Waals surface area contributed by atoms with Crippen LogP contribution in [-0.2, 0) is 0 Å². The summed E-state index contributed by atoms with van der Waals surface area (Å²) in [4.78, 5) is 16.5. The van der Waals surface area contributed by atoms with E-state index in [1.807, 2.05) is 35.7 Å². The Bertz CT molecular complexity index is 810. The van der Waals surface area contributed by atoms with Gasteiger partial charge in [0.1, 0.15) is 0 Å². The average molecular weight is 337 g/mol. The van der Waals surface area contributed by atoms with Crippen molar-refractivity contribution < 1.29 is 4.79 Å². The molecule has 2 amide bonds. The fourth-order valence-electron chi connectivity index (χ4n) is 2.28. The van der Waals surface area contributed by atoms with Crippen molar-refractivity contribution >= 4 is 28.2 Å². The number of anilines is 2. The molecule has 0 bridgehead atoms. The fourth-order valence-corrected chi connectivity index (χ4v) is 3.00. The number of thiazole rings is 1. The van der Waals surface area contributed by atoms with Crippen LogP contribution in [0.25, 0.3) is 11.3 Å². The van der Waals surface area contributed by atoms with Crippen LogP contribution >= 0.6 is 11.3 Å². The number of carbonyl (C=O) groups excluding carboxylic acids is 1. The molecule has 0 aliphatic carbocycles. The second-order valence-corrected chi connectivity index (χ2v) is 6.62. The maximum Gasteiger partial charge on any atom is 0.325 e. The third-order valence-electron chi connectivity index (χ3n) is 3.63. The average Bonchev–Trinajstić information content (AvgIpc) is 3.04. The number of carbonyl (C=O) groups is 1. The molecule has 1 aromatic heterocycles. The molecule has 0 spiro atoms. The van der Waals surface area contributed by atoms with Crippen molar-refractivity contribution in [3.8, 4) is 11.3 Å². The Hall–Kier alpha value is -2.66. The summed E-state index contributed by atoms with van der Waals surface area (Å²) < 4.78 is 0. The molecule has 2 N–H and O–H groups in total. The number of rotatable bonds is 4. The second-order valence-electron chi connectivity index (χ2n) is 5.76. The summed E-state index contributed by atoms with van der Waals surface area (Å²) >= 11 is 1.41. The third kappa shape index (κ3) is 4.00. The van der Waals surface area contributed by atoms with E-state index in [1.54, 1.807) is 0 Å². The van der Waals surface area contributed by atoms with E-state index in [0.29, 0.717) is 11.0 Å². The molecule has 0 atom stereocenters. The number of hydrogen-bond acceptors (Lipinski definition) is 3. The summed E-state index contributed by atoms with van der Waals surface area (Å²) in [5.74, 6) is 0.508. The minimum atomic E-state index is -0.294. The first kappa shape index (κ1) is 16.2. The molecule has 122 valence electrons. The maximum atomic E-state index is 12.0. The van der Waals surface area contributed by atoms with Crippen molar-refractivity contribution in [3.63, 3.8) is 0 Å². The van der Waals surface area contributed by atoms with Gasteiger partial charge in [0.25, 0.3) is 0 Å². The van der Waals surface area contributed by atoms with Gasteiger partial charge in [0.2, 0.25) is 0 Å². The van der Waals surface area contributed by atoms with Crippen molar-refractivity contribution in [2.45, 2.75) is 19.8 Å². The molecule has 0 aliphatic heterocycles. The first-order valence-corrected chi connectivity index (χ1v) is 8.68. The predicted molar refractivity (Wildman–Crippen MR) is 101 cm³/mol. The van der Waals surface area contributed by atoms with Crippen LogP contribution in [0.1, 0.15) is 25.3 Å². The highest BCUT2D eigenvalue weighted by Gasteiger charge is 2.08. The monoisotopic (exact) mass is 337 g/mol. The summed E-state index contributed by atoms with van der Waals surface area (Å²) in [6, 6.07) is 17.4. The minimum absolute atomic E-state index is 0.294. The second kappa shape index (κ2) is 7.27. The van der Waals surface area contributed by atoms with E-state index < -0.39 is 0 Å². The zero-order valence-corrected chi connectivity index (χ0v) is 14.4. The van der Waals surface area contributed by atoms with Crippen molar-refractivity contribution in [3.05, 3.63) is 65.5 Å². The molecule has 0 saturated carbocycles. The molecule has 0 aliphatic rings. The van der Waals surface area contributed by atoms with Gasteiger partial charge in [-0.2, -0.15) is 0 Å². The van der Waals surface area contributed by atoms with Crippen LogP contribution in [0.15, 0.2) is 60.0 Å². The number of hydrogen-bond donors (Lipinski definition) is 2. The van der Waals surface area contributed by atoms with Gasteiger partial charge in [-0.15, -0.1) is 11.3 Å². The van der Waals surface area contributed by atoms with E-state index in [9.17, 15) is 4.79 Å². The number of aromatic nitrogens is 1. The molecule has 24 heavy (non-hydrogen) atoms. The van der Waals surface area contributed by atoms with Crippen molar-refractivity contribution in [1.82, 2.24) is 4.98 Å². The van der Waals surface area contributed by atoms with Gasteiger partial charge in [0.15, 0.2) is 5.13 Å². The largest absolute Gasteiger partial charge is 0.325 e. The van der Waals surface area contributed by atoms with Gasteiger partial charge in [0.05, 0.1) is 5.69 Å². The van der Waals surface area contributed by atoms with Crippen molar-refractivity contribution in [2.75, 3.05) is 10.6 Å². The summed E-state index contributed by atoms with van der Waals surface area (Å²) in [6.07, 6.45) is 0. The molecule has 1 heterocycles. The minimum Gasteiger partial charge on any atom is -0.308 e. The molecule has 0 radical (unpaired) electrons. The van der Waals surface area contributed by atoms with Crippen LogP contribution in [-0.4, -0.2) is 11.0 Å². The molecular formula is C19H19N3OS. The van der Waals surface area contributed by atoms with Crippen molar-refractivity contribution in [2.24, 2.45) is 0 Å². The highest BCUT2D eigenvalue weighted by atomic mass is 32.1. The van der Waals surface area contributed by atoms with Crippen LogP contribution in [0.2, 0.25) is 0 Å². The van der Waals surface area contributed by atoms with E-state index in [2.05, 4.69) is 53.7 Å². The number of amides is 2. The van der Waals surface area contributed by atoms with Gasteiger partial charge in [-0.25, -0.2) is 9.78 Å². The first-order valence-electron chi connectivity index (χ1n) is 7.81. The van der Waals surface area contributed by atoms with Gasteiger partial charge >= 0.3 is 6.03 Å². The Morgan fingerprint density at radius 3 is 2.38 bits per heavy atom. The van der Waals surface area contributed by atoms with E-state index in [4.69, 9.17) is 0 Å². The van der Waals surface area contributed by atoms with E-state index in [0.717, 1.165) is 16.9 Å². The smallest absolute Gasteiger partial charge is 0.308 e. The van der Waals surface area contributed by atoms with E-state index in [1.165, 1.54) is 16.9 Å². The number of para-hydroxylation sites is 1. The SMILES string of the molecule is CC(C)c1ccc(-c2csc(NC(=O)Nc3ccccc3)n2)cc1. The number of nitrogens with zero attached hydrogens (tertiary/aromatic N) is 1. The van der Waals surface area contributed by atoms with Crippen LogP contribution in [0, 0.1) is 0 Å². The summed E-state index contributed by atoms with van der Waals surface area (Å²) in [5.41, 5.74) is 3.96. The summed E-state index contributed by atoms with van der Waals surface area (Å²) in [7, 11) is 0. The van der Waals surface area contributed by atoms with Gasteiger partial charge < -0.3 is 5.32 Å². The van der Waals surface area contributed by atoms with Gasteiger partial charge in [-0.3, -0.25) is 5.32 Å². The third-order valence-corrected chi connectivity index (χ3v) is 4.39. The fraction of sp³-hybridized carbons (Fsp3) is 0.158. The van der Waals surface area contributed by atoms with Crippen LogP contribution in [0.3, 0.4) is 0 Å². The Morgan fingerprint density at radius 1 is 1.00 bits per heavy atom. The molecule has 4 nitrogen and oxygen atoms in total. The van der Waals surface area contributed by atoms with Crippen LogP contribution in [0.5, 0.6) is 0 Å². The zero-order valence-electron chi connectivity index (χ0n) is 13.6. The first-order chi connectivity index (χ1) is 11.6. The zero-order chi connectivity index (χ0) is 16.9. The summed E-state index contributed by atoms with van der Waals surface area (Å²) in [6.45, 7) is 4.34. The topological polar surface area (TPSA) is 54.0 Å². The molecule has 0 fully saturated rings. The molecule has 0 saturated heterocycles. The number of nitrogens with one attached hydrogen (secondary N) is 2. The normalized spacial score (nSPS) is 10.6. The number of urea groups is 1. The van der Waals surface area contributed by atoms with Crippen molar-refractivity contribution in [1.29, 1.82) is 0 Å². The molecular weight excluding hydrogens is 318 g/mol. The van der Waals surface area contributed by atoms with Crippen LogP contribution < -0.4 is 10.6 Å². The lowest BCUT2D eigenvalue weighted by atomic mass is 10.0. The van der Waals surface area contributed by atoms with Gasteiger partial charge in [-0.1, -0.05) is 56.3 Å². The molecule has 3 rings (SSSR count). The molecule has 0 unspecified atom stereocenters. The highest BCUT2D eigenvalue weighted by Crippen LogP contribution is 2.26. The van der Waals surface area contributed by atoms with E-state index >= 15 is 0 Å². The van der Waals surface area contributed by atoms with Gasteiger partial charge in [0, 0.05) is 16.6 Å². The Kier molecular flexibility index (Phi) is 4.91. The van der Waals surface area contributed by atoms with Gasteiger partial charge in [-0.05, 0) is 23.6 Å².